The molecule has 21 heavy (non-hydrogen) atoms. The van der Waals surface area contributed by atoms with Gasteiger partial charge in [0.15, 0.2) is 0 Å². The molecule has 6 heteroatoms. The second-order valence-electron chi connectivity index (χ2n) is 4.66. The normalized spacial score (nSPS) is 11.0. The predicted molar refractivity (Wildman–Crippen MR) is 77.7 cm³/mol. The Hall–Kier alpha value is -2.63. The van der Waals surface area contributed by atoms with E-state index in [9.17, 15) is 5.11 Å². The van der Waals surface area contributed by atoms with Crippen LogP contribution in [0.25, 0.3) is 23.0 Å². The quantitative estimate of drug-likeness (QED) is 0.797. The highest BCUT2D eigenvalue weighted by Gasteiger charge is 2.16. The lowest BCUT2D eigenvalue weighted by Gasteiger charge is -1.98. The molecule has 3 rings (SSSR count). The van der Waals surface area contributed by atoms with Crippen molar-refractivity contribution in [2.24, 2.45) is 0 Å². The van der Waals surface area contributed by atoms with Crippen molar-refractivity contribution in [3.05, 3.63) is 36.0 Å². The lowest BCUT2D eigenvalue weighted by Crippen LogP contribution is -1.99. The van der Waals surface area contributed by atoms with Gasteiger partial charge in [-0.2, -0.15) is 10.1 Å². The van der Waals surface area contributed by atoms with Gasteiger partial charge in [-0.15, -0.1) is 0 Å². The second kappa shape index (κ2) is 5.40. The van der Waals surface area contributed by atoms with Crippen LogP contribution < -0.4 is 0 Å². The molecule has 0 bridgehead atoms. The van der Waals surface area contributed by atoms with Gasteiger partial charge in [0.25, 0.3) is 5.89 Å². The van der Waals surface area contributed by atoms with E-state index in [-0.39, 0.29) is 5.75 Å². The van der Waals surface area contributed by atoms with Crippen molar-refractivity contribution >= 4 is 0 Å². The van der Waals surface area contributed by atoms with Crippen molar-refractivity contribution in [3.8, 4) is 28.7 Å². The van der Waals surface area contributed by atoms with Crippen LogP contribution in [0.1, 0.15) is 19.5 Å². The third-order valence-electron chi connectivity index (χ3n) is 3.24. The number of benzene rings is 1. The Morgan fingerprint density at radius 3 is 2.81 bits per heavy atom. The molecule has 1 aromatic carbocycles. The zero-order valence-corrected chi connectivity index (χ0v) is 11.9. The molecule has 0 aliphatic rings. The first-order valence-electron chi connectivity index (χ1n) is 6.91. The van der Waals surface area contributed by atoms with E-state index < -0.39 is 0 Å². The molecule has 0 fully saturated rings. The molecular formula is C15H16N4O2. The van der Waals surface area contributed by atoms with Gasteiger partial charge >= 0.3 is 0 Å². The molecule has 0 aliphatic carbocycles. The predicted octanol–water partition coefficient (Wildman–Crippen LogP) is 2.89. The molecular weight excluding hydrogens is 268 g/mol. The molecule has 108 valence electrons. The standard InChI is InChI=1S/C15H16N4O2/c1-3-11-9-13(19(4-2)17-11)15-16-14(18-21-15)10-6-5-7-12(20)8-10/h5-9,20H,3-4H2,1-2H3. The number of hydrogen-bond acceptors (Lipinski definition) is 5. The van der Waals surface area contributed by atoms with E-state index >= 15 is 0 Å². The molecule has 1 N–H and O–H groups in total. The third-order valence-corrected chi connectivity index (χ3v) is 3.24. The number of rotatable bonds is 4. The minimum absolute atomic E-state index is 0.172. The molecule has 0 spiro atoms. The first-order chi connectivity index (χ1) is 10.2. The fourth-order valence-corrected chi connectivity index (χ4v) is 2.15. The summed E-state index contributed by atoms with van der Waals surface area (Å²) in [5, 5.41) is 18.0. The lowest BCUT2D eigenvalue weighted by atomic mass is 10.2. The SMILES string of the molecule is CCc1cc(-c2nc(-c3cccc(O)c3)no2)n(CC)n1. The summed E-state index contributed by atoms with van der Waals surface area (Å²) in [6, 6.07) is 8.73. The molecule has 0 saturated heterocycles. The average molecular weight is 284 g/mol. The first kappa shape index (κ1) is 13.4. The van der Waals surface area contributed by atoms with E-state index in [1.165, 1.54) is 0 Å². The smallest absolute Gasteiger partial charge is 0.276 e. The molecule has 0 aliphatic heterocycles. The molecule has 0 amide bonds. The van der Waals surface area contributed by atoms with Crippen LogP contribution in [0.3, 0.4) is 0 Å². The summed E-state index contributed by atoms with van der Waals surface area (Å²) >= 11 is 0. The van der Waals surface area contributed by atoms with Crippen LogP contribution >= 0.6 is 0 Å². The Kier molecular flexibility index (Phi) is 3.43. The van der Waals surface area contributed by atoms with Crippen molar-refractivity contribution in [3.63, 3.8) is 0 Å². The van der Waals surface area contributed by atoms with Gasteiger partial charge in [-0.3, -0.25) is 4.68 Å². The third kappa shape index (κ3) is 2.52. The molecule has 3 aromatic rings. The van der Waals surface area contributed by atoms with Gasteiger partial charge in [0, 0.05) is 12.1 Å². The topological polar surface area (TPSA) is 77.0 Å². The van der Waals surface area contributed by atoms with Crippen LogP contribution in [0.15, 0.2) is 34.9 Å². The monoisotopic (exact) mass is 284 g/mol. The van der Waals surface area contributed by atoms with Gasteiger partial charge in [0.05, 0.1) is 5.69 Å². The zero-order valence-electron chi connectivity index (χ0n) is 11.9. The summed E-state index contributed by atoms with van der Waals surface area (Å²) < 4.78 is 7.19. The van der Waals surface area contributed by atoms with E-state index in [1.807, 2.05) is 23.7 Å². The van der Waals surface area contributed by atoms with E-state index in [0.29, 0.717) is 17.3 Å². The van der Waals surface area contributed by atoms with Gasteiger partial charge in [-0.05, 0) is 31.5 Å². The maximum atomic E-state index is 9.52. The van der Waals surface area contributed by atoms with E-state index in [2.05, 4.69) is 22.2 Å². The number of phenols is 1. The minimum atomic E-state index is 0.172. The average Bonchev–Trinajstić information content (AvgIpc) is 3.13. The number of hydrogen-bond donors (Lipinski definition) is 1. The second-order valence-corrected chi connectivity index (χ2v) is 4.66. The number of aromatic nitrogens is 4. The van der Waals surface area contributed by atoms with Crippen molar-refractivity contribution in [1.82, 2.24) is 19.9 Å². The maximum absolute atomic E-state index is 9.52. The molecule has 0 radical (unpaired) electrons. The number of aryl methyl sites for hydroxylation is 2. The number of phenolic OH excluding ortho intramolecular Hbond substituents is 1. The first-order valence-corrected chi connectivity index (χ1v) is 6.91. The molecule has 0 saturated carbocycles. The Balaban J connectivity index is 2.00. The van der Waals surface area contributed by atoms with Gasteiger partial charge in [0.2, 0.25) is 5.82 Å². The van der Waals surface area contributed by atoms with E-state index in [1.54, 1.807) is 18.2 Å². The van der Waals surface area contributed by atoms with Crippen molar-refractivity contribution in [1.29, 1.82) is 0 Å². The molecule has 0 unspecified atom stereocenters. The number of aromatic hydroxyl groups is 1. The van der Waals surface area contributed by atoms with Crippen LogP contribution in [0, 0.1) is 0 Å². The summed E-state index contributed by atoms with van der Waals surface area (Å²) in [5.41, 5.74) is 2.51. The highest BCUT2D eigenvalue weighted by molar-refractivity contribution is 5.59. The molecule has 6 nitrogen and oxygen atoms in total. The van der Waals surface area contributed by atoms with Crippen molar-refractivity contribution < 1.29 is 9.63 Å². The van der Waals surface area contributed by atoms with Crippen LogP contribution in [-0.4, -0.2) is 25.0 Å². The molecule has 2 heterocycles. The summed E-state index contributed by atoms with van der Waals surface area (Å²) in [6.45, 7) is 4.81. The van der Waals surface area contributed by atoms with Crippen LogP contribution in [0.2, 0.25) is 0 Å². The summed E-state index contributed by atoms with van der Waals surface area (Å²) in [6.07, 6.45) is 0.855. The fraction of sp³-hybridized carbons (Fsp3) is 0.267. The van der Waals surface area contributed by atoms with Gasteiger partial charge in [-0.25, -0.2) is 0 Å². The highest BCUT2D eigenvalue weighted by atomic mass is 16.5. The van der Waals surface area contributed by atoms with Crippen LogP contribution in [0.4, 0.5) is 0 Å². The summed E-state index contributed by atoms with van der Waals surface area (Å²) in [5.74, 6) is 1.05. The maximum Gasteiger partial charge on any atom is 0.276 e. The Morgan fingerprint density at radius 2 is 2.10 bits per heavy atom. The molecule has 2 aromatic heterocycles. The van der Waals surface area contributed by atoms with Gasteiger partial charge < -0.3 is 9.63 Å². The van der Waals surface area contributed by atoms with Crippen LogP contribution in [0.5, 0.6) is 5.75 Å². The Morgan fingerprint density at radius 1 is 1.24 bits per heavy atom. The van der Waals surface area contributed by atoms with E-state index in [4.69, 9.17) is 4.52 Å². The molecule has 0 atom stereocenters. The Bertz CT molecular complexity index is 761. The highest BCUT2D eigenvalue weighted by Crippen LogP contribution is 2.25. The zero-order chi connectivity index (χ0) is 14.8. The van der Waals surface area contributed by atoms with E-state index in [0.717, 1.165) is 24.4 Å². The minimum Gasteiger partial charge on any atom is -0.508 e. The largest absolute Gasteiger partial charge is 0.508 e. The lowest BCUT2D eigenvalue weighted by molar-refractivity contribution is 0.427. The fourth-order valence-electron chi connectivity index (χ4n) is 2.15. The van der Waals surface area contributed by atoms with Crippen molar-refractivity contribution in [2.75, 3.05) is 0 Å². The van der Waals surface area contributed by atoms with Gasteiger partial charge in [-0.1, -0.05) is 24.2 Å². The van der Waals surface area contributed by atoms with Gasteiger partial charge in [0.1, 0.15) is 11.4 Å². The Labute approximate surface area is 122 Å². The summed E-state index contributed by atoms with van der Waals surface area (Å²) in [4.78, 5) is 4.40. The summed E-state index contributed by atoms with van der Waals surface area (Å²) in [7, 11) is 0. The number of nitrogens with zero attached hydrogens (tertiary/aromatic N) is 4. The van der Waals surface area contributed by atoms with Crippen molar-refractivity contribution in [2.45, 2.75) is 26.8 Å². The van der Waals surface area contributed by atoms with Crippen LogP contribution in [-0.2, 0) is 13.0 Å².